The van der Waals surface area contributed by atoms with Crippen LogP contribution in [0.4, 0.5) is 5.69 Å². The summed E-state index contributed by atoms with van der Waals surface area (Å²) >= 11 is 5.87. The zero-order chi connectivity index (χ0) is 15.9. The number of amides is 1. The number of anilines is 1. The van der Waals surface area contributed by atoms with Crippen molar-refractivity contribution in [3.05, 3.63) is 59.1 Å². The Hall–Kier alpha value is -2.00. The second-order valence-electron chi connectivity index (χ2n) is 5.42. The van der Waals surface area contributed by atoms with Crippen molar-refractivity contribution in [3.63, 3.8) is 0 Å². The molecule has 0 aliphatic heterocycles. The fourth-order valence-electron chi connectivity index (χ4n) is 2.30. The Balaban J connectivity index is 1.83. The van der Waals surface area contributed by atoms with Crippen molar-refractivity contribution < 1.29 is 9.53 Å². The molecule has 0 heterocycles. The van der Waals surface area contributed by atoms with Gasteiger partial charge in [0.2, 0.25) is 5.91 Å². The summed E-state index contributed by atoms with van der Waals surface area (Å²) in [5, 5.41) is 3.63. The highest BCUT2D eigenvalue weighted by Crippen LogP contribution is 2.18. The third kappa shape index (κ3) is 5.08. The van der Waals surface area contributed by atoms with Crippen LogP contribution >= 0.6 is 11.6 Å². The summed E-state index contributed by atoms with van der Waals surface area (Å²) in [6, 6.07) is 15.1. The van der Waals surface area contributed by atoms with Crippen LogP contribution in [0.5, 0.6) is 5.75 Å². The number of hydrogen-bond acceptors (Lipinski definition) is 2. The van der Waals surface area contributed by atoms with Crippen LogP contribution in [0.15, 0.2) is 48.5 Å². The average molecular weight is 318 g/mol. The molecule has 1 atom stereocenters. The van der Waals surface area contributed by atoms with Gasteiger partial charge < -0.3 is 10.1 Å². The fraction of sp³-hybridized carbons (Fsp3) is 0.278. The molecule has 0 aliphatic carbocycles. The van der Waals surface area contributed by atoms with E-state index in [9.17, 15) is 4.79 Å². The van der Waals surface area contributed by atoms with Gasteiger partial charge in [-0.3, -0.25) is 4.79 Å². The van der Waals surface area contributed by atoms with Gasteiger partial charge >= 0.3 is 0 Å². The van der Waals surface area contributed by atoms with Gasteiger partial charge in [0, 0.05) is 17.1 Å². The van der Waals surface area contributed by atoms with Crippen LogP contribution in [-0.4, -0.2) is 13.0 Å². The minimum absolute atomic E-state index is 0.0200. The lowest BCUT2D eigenvalue weighted by atomic mass is 9.98. The highest BCUT2D eigenvalue weighted by atomic mass is 35.5. The number of carbonyl (C=O) groups excluding carboxylic acids is 1. The molecule has 0 bridgehead atoms. The Labute approximate surface area is 136 Å². The largest absolute Gasteiger partial charge is 0.497 e. The van der Waals surface area contributed by atoms with E-state index in [1.807, 2.05) is 48.5 Å². The van der Waals surface area contributed by atoms with E-state index >= 15 is 0 Å². The van der Waals surface area contributed by atoms with Crippen molar-refractivity contribution in [2.75, 3.05) is 12.4 Å². The Kier molecular flexibility index (Phi) is 5.84. The molecule has 22 heavy (non-hydrogen) atoms. The smallest absolute Gasteiger partial charge is 0.224 e. The number of halogens is 1. The highest BCUT2D eigenvalue weighted by molar-refractivity contribution is 6.30. The van der Waals surface area contributed by atoms with Crippen LogP contribution in [0.2, 0.25) is 5.02 Å². The van der Waals surface area contributed by atoms with Gasteiger partial charge in [-0.05, 0) is 54.3 Å². The number of ether oxygens (including phenoxy) is 1. The molecule has 4 heteroatoms. The zero-order valence-electron chi connectivity index (χ0n) is 12.8. The first-order valence-electron chi connectivity index (χ1n) is 7.25. The zero-order valence-corrected chi connectivity index (χ0v) is 13.6. The van der Waals surface area contributed by atoms with Crippen LogP contribution in [0.1, 0.15) is 18.9 Å². The Morgan fingerprint density at radius 2 is 1.77 bits per heavy atom. The molecular weight excluding hydrogens is 298 g/mol. The summed E-state index contributed by atoms with van der Waals surface area (Å²) < 4.78 is 5.09. The van der Waals surface area contributed by atoms with Gasteiger partial charge in [-0.15, -0.1) is 0 Å². The van der Waals surface area contributed by atoms with Crippen molar-refractivity contribution in [1.29, 1.82) is 0 Å². The maximum atomic E-state index is 12.1. The number of methoxy groups -OCH3 is 1. The Bertz CT molecular complexity index is 608. The first-order valence-corrected chi connectivity index (χ1v) is 7.63. The summed E-state index contributed by atoms with van der Waals surface area (Å²) in [5.74, 6) is 1.06. The van der Waals surface area contributed by atoms with Gasteiger partial charge in [-0.1, -0.05) is 30.7 Å². The van der Waals surface area contributed by atoms with Crippen LogP contribution in [-0.2, 0) is 11.2 Å². The highest BCUT2D eigenvalue weighted by Gasteiger charge is 2.10. The monoisotopic (exact) mass is 317 g/mol. The van der Waals surface area contributed by atoms with Gasteiger partial charge in [0.1, 0.15) is 5.75 Å². The average Bonchev–Trinajstić information content (AvgIpc) is 2.50. The molecule has 2 aromatic carbocycles. The van der Waals surface area contributed by atoms with Crippen molar-refractivity contribution in [2.45, 2.75) is 19.8 Å². The van der Waals surface area contributed by atoms with E-state index in [4.69, 9.17) is 16.3 Å². The number of benzene rings is 2. The minimum Gasteiger partial charge on any atom is -0.497 e. The van der Waals surface area contributed by atoms with Crippen LogP contribution in [0.25, 0.3) is 0 Å². The normalized spacial score (nSPS) is 11.8. The van der Waals surface area contributed by atoms with E-state index in [1.165, 1.54) is 5.56 Å². The summed E-state index contributed by atoms with van der Waals surface area (Å²) in [7, 11) is 1.62. The van der Waals surface area contributed by atoms with E-state index in [2.05, 4.69) is 12.2 Å². The second kappa shape index (κ2) is 7.85. The number of nitrogens with one attached hydrogen (secondary N) is 1. The molecule has 0 saturated heterocycles. The fourth-order valence-corrected chi connectivity index (χ4v) is 2.42. The van der Waals surface area contributed by atoms with Crippen molar-refractivity contribution >= 4 is 23.2 Å². The van der Waals surface area contributed by atoms with E-state index in [0.29, 0.717) is 6.42 Å². The van der Waals surface area contributed by atoms with E-state index in [1.54, 1.807) is 7.11 Å². The molecule has 0 saturated carbocycles. The third-order valence-electron chi connectivity index (χ3n) is 3.41. The van der Waals surface area contributed by atoms with Gasteiger partial charge in [0.15, 0.2) is 0 Å². The molecule has 2 aromatic rings. The summed E-state index contributed by atoms with van der Waals surface area (Å²) in [5.41, 5.74) is 1.97. The second-order valence-corrected chi connectivity index (χ2v) is 5.85. The third-order valence-corrected chi connectivity index (χ3v) is 3.66. The first-order chi connectivity index (χ1) is 10.6. The molecule has 1 N–H and O–H groups in total. The SMILES string of the molecule is COc1ccc(NC(=O)C[C@H](C)Cc2ccc(Cl)cc2)cc1. The number of rotatable bonds is 6. The van der Waals surface area contributed by atoms with Gasteiger partial charge in [0.25, 0.3) is 0 Å². The first kappa shape index (κ1) is 16.4. The van der Waals surface area contributed by atoms with Crippen LogP contribution in [0.3, 0.4) is 0 Å². The maximum Gasteiger partial charge on any atom is 0.224 e. The molecule has 1 amide bonds. The number of carbonyl (C=O) groups is 1. The lowest BCUT2D eigenvalue weighted by Crippen LogP contribution is -2.16. The lowest BCUT2D eigenvalue weighted by Gasteiger charge is -2.12. The van der Waals surface area contributed by atoms with Crippen molar-refractivity contribution in [3.8, 4) is 5.75 Å². The van der Waals surface area contributed by atoms with Gasteiger partial charge in [-0.2, -0.15) is 0 Å². The molecule has 0 aromatic heterocycles. The van der Waals surface area contributed by atoms with E-state index in [-0.39, 0.29) is 11.8 Å². The van der Waals surface area contributed by atoms with E-state index < -0.39 is 0 Å². The topological polar surface area (TPSA) is 38.3 Å². The summed E-state index contributed by atoms with van der Waals surface area (Å²) in [6.07, 6.45) is 1.34. The lowest BCUT2D eigenvalue weighted by molar-refractivity contribution is -0.116. The van der Waals surface area contributed by atoms with Crippen LogP contribution < -0.4 is 10.1 Å². The van der Waals surface area contributed by atoms with Crippen LogP contribution in [0, 0.1) is 5.92 Å². The van der Waals surface area contributed by atoms with Crippen molar-refractivity contribution in [1.82, 2.24) is 0 Å². The molecule has 116 valence electrons. The molecule has 0 unspecified atom stereocenters. The molecule has 3 nitrogen and oxygen atoms in total. The maximum absolute atomic E-state index is 12.1. The van der Waals surface area contributed by atoms with Gasteiger partial charge in [-0.25, -0.2) is 0 Å². The minimum atomic E-state index is 0.0200. The Morgan fingerprint density at radius 3 is 2.36 bits per heavy atom. The predicted octanol–water partition coefficient (Wildman–Crippen LogP) is 4.56. The summed E-state index contributed by atoms with van der Waals surface area (Å²) in [6.45, 7) is 2.07. The Morgan fingerprint density at radius 1 is 1.14 bits per heavy atom. The van der Waals surface area contributed by atoms with Crippen molar-refractivity contribution in [2.24, 2.45) is 5.92 Å². The molecule has 0 aliphatic rings. The van der Waals surface area contributed by atoms with E-state index in [0.717, 1.165) is 22.9 Å². The molecular formula is C18H20ClNO2. The quantitative estimate of drug-likeness (QED) is 0.848. The number of hydrogen-bond donors (Lipinski definition) is 1. The summed E-state index contributed by atoms with van der Waals surface area (Å²) in [4.78, 5) is 12.1. The molecule has 0 radical (unpaired) electrons. The molecule has 0 spiro atoms. The van der Waals surface area contributed by atoms with Gasteiger partial charge in [0.05, 0.1) is 7.11 Å². The standard InChI is InChI=1S/C18H20ClNO2/c1-13(11-14-3-5-15(19)6-4-14)12-18(21)20-16-7-9-17(22-2)10-8-16/h3-10,13H,11-12H2,1-2H3,(H,20,21)/t13-/m1/s1. The molecule has 0 fully saturated rings. The molecule has 2 rings (SSSR count). The predicted molar refractivity (Wildman–Crippen MR) is 90.6 cm³/mol.